The fourth-order valence-corrected chi connectivity index (χ4v) is 3.61. The monoisotopic (exact) mass is 331 g/mol. The summed E-state index contributed by atoms with van der Waals surface area (Å²) in [6.07, 6.45) is 11.6. The Morgan fingerprint density at radius 3 is 2.33 bits per heavy atom. The SMILES string of the molecule is C=C/C=C(\C=C)CN1CCN(CCNC(=O)C2CCCCC2)CC1. The molecular formula is C20H33N3O. The summed E-state index contributed by atoms with van der Waals surface area (Å²) >= 11 is 0. The molecule has 1 aliphatic heterocycles. The van der Waals surface area contributed by atoms with E-state index in [4.69, 9.17) is 0 Å². The van der Waals surface area contributed by atoms with E-state index in [-0.39, 0.29) is 11.8 Å². The fraction of sp³-hybridized carbons (Fsp3) is 0.650. The normalized spacial score (nSPS) is 21.4. The summed E-state index contributed by atoms with van der Waals surface area (Å²) in [6, 6.07) is 0. The molecule has 4 heteroatoms. The highest BCUT2D eigenvalue weighted by atomic mass is 16.1. The van der Waals surface area contributed by atoms with E-state index in [2.05, 4.69) is 28.3 Å². The molecule has 1 amide bonds. The van der Waals surface area contributed by atoms with Crippen molar-refractivity contribution in [1.29, 1.82) is 0 Å². The summed E-state index contributed by atoms with van der Waals surface area (Å²) in [6.45, 7) is 14.6. The van der Waals surface area contributed by atoms with Gasteiger partial charge in [0.2, 0.25) is 5.91 Å². The van der Waals surface area contributed by atoms with Gasteiger partial charge in [0.05, 0.1) is 0 Å². The molecule has 0 spiro atoms. The molecule has 1 saturated carbocycles. The van der Waals surface area contributed by atoms with Crippen LogP contribution in [0.3, 0.4) is 0 Å². The second-order valence-electron chi connectivity index (χ2n) is 6.93. The Morgan fingerprint density at radius 2 is 1.71 bits per heavy atom. The van der Waals surface area contributed by atoms with E-state index in [0.29, 0.717) is 0 Å². The lowest BCUT2D eigenvalue weighted by Gasteiger charge is -2.35. The highest BCUT2D eigenvalue weighted by Crippen LogP contribution is 2.23. The molecule has 1 heterocycles. The van der Waals surface area contributed by atoms with E-state index < -0.39 is 0 Å². The van der Waals surface area contributed by atoms with Crippen molar-refractivity contribution in [1.82, 2.24) is 15.1 Å². The minimum absolute atomic E-state index is 0.268. The zero-order valence-electron chi connectivity index (χ0n) is 15.0. The van der Waals surface area contributed by atoms with Gasteiger partial charge in [0.25, 0.3) is 0 Å². The third-order valence-corrected chi connectivity index (χ3v) is 5.17. The van der Waals surface area contributed by atoms with E-state index in [1.54, 1.807) is 0 Å². The van der Waals surface area contributed by atoms with Crippen molar-refractivity contribution in [2.45, 2.75) is 32.1 Å². The number of nitrogens with one attached hydrogen (secondary N) is 1. The van der Waals surface area contributed by atoms with Crippen LogP contribution in [0.15, 0.2) is 37.0 Å². The van der Waals surface area contributed by atoms with Crippen LogP contribution in [0.1, 0.15) is 32.1 Å². The quantitative estimate of drug-likeness (QED) is 0.695. The van der Waals surface area contributed by atoms with Gasteiger partial charge < -0.3 is 5.32 Å². The summed E-state index contributed by atoms with van der Waals surface area (Å²) in [5.41, 5.74) is 1.22. The van der Waals surface area contributed by atoms with Crippen LogP contribution >= 0.6 is 0 Å². The minimum atomic E-state index is 0.268. The molecule has 0 aromatic rings. The molecule has 0 atom stereocenters. The number of allylic oxidation sites excluding steroid dienone is 2. The van der Waals surface area contributed by atoms with Gasteiger partial charge in [-0.3, -0.25) is 14.6 Å². The lowest BCUT2D eigenvalue weighted by molar-refractivity contribution is -0.126. The first-order valence-corrected chi connectivity index (χ1v) is 9.39. The average Bonchev–Trinajstić information content (AvgIpc) is 2.63. The first-order chi connectivity index (χ1) is 11.7. The zero-order valence-corrected chi connectivity index (χ0v) is 15.0. The second-order valence-corrected chi connectivity index (χ2v) is 6.93. The summed E-state index contributed by atoms with van der Waals surface area (Å²) in [7, 11) is 0. The Balaban J connectivity index is 1.61. The van der Waals surface area contributed by atoms with Gasteiger partial charge in [0.15, 0.2) is 0 Å². The Labute approximate surface area is 147 Å². The molecule has 1 N–H and O–H groups in total. The van der Waals surface area contributed by atoms with Crippen LogP contribution in [0.2, 0.25) is 0 Å². The predicted octanol–water partition coefficient (Wildman–Crippen LogP) is 2.60. The molecule has 0 bridgehead atoms. The summed E-state index contributed by atoms with van der Waals surface area (Å²) in [4.78, 5) is 17.0. The number of amides is 1. The second kappa shape index (κ2) is 10.5. The highest BCUT2D eigenvalue weighted by molar-refractivity contribution is 5.78. The molecule has 1 aliphatic carbocycles. The first-order valence-electron chi connectivity index (χ1n) is 9.39. The summed E-state index contributed by atoms with van der Waals surface area (Å²) < 4.78 is 0. The van der Waals surface area contributed by atoms with Crippen molar-refractivity contribution in [3.8, 4) is 0 Å². The number of rotatable bonds is 8. The maximum Gasteiger partial charge on any atom is 0.223 e. The predicted molar refractivity (Wildman–Crippen MR) is 101 cm³/mol. The van der Waals surface area contributed by atoms with Gasteiger partial charge in [-0.15, -0.1) is 0 Å². The Kier molecular flexibility index (Phi) is 8.26. The molecule has 0 aromatic carbocycles. The van der Waals surface area contributed by atoms with E-state index in [1.807, 2.05) is 18.2 Å². The average molecular weight is 332 g/mol. The van der Waals surface area contributed by atoms with Crippen molar-refractivity contribution < 1.29 is 4.79 Å². The van der Waals surface area contributed by atoms with E-state index in [1.165, 1.54) is 24.8 Å². The van der Waals surface area contributed by atoms with E-state index in [0.717, 1.165) is 58.7 Å². The molecule has 0 aromatic heterocycles. The fourth-order valence-electron chi connectivity index (χ4n) is 3.61. The van der Waals surface area contributed by atoms with Gasteiger partial charge >= 0.3 is 0 Å². The number of carbonyl (C=O) groups excluding carboxylic acids is 1. The molecule has 2 fully saturated rings. The zero-order chi connectivity index (χ0) is 17.2. The Morgan fingerprint density at radius 1 is 1.04 bits per heavy atom. The van der Waals surface area contributed by atoms with Crippen LogP contribution in [-0.4, -0.2) is 61.5 Å². The number of piperazine rings is 1. The van der Waals surface area contributed by atoms with Crippen LogP contribution in [0.25, 0.3) is 0 Å². The van der Waals surface area contributed by atoms with Crippen LogP contribution in [0.4, 0.5) is 0 Å². The van der Waals surface area contributed by atoms with Gasteiger partial charge in [-0.25, -0.2) is 0 Å². The van der Waals surface area contributed by atoms with Crippen LogP contribution < -0.4 is 5.32 Å². The van der Waals surface area contributed by atoms with Crippen molar-refractivity contribution in [2.75, 3.05) is 45.8 Å². The molecule has 1 saturated heterocycles. The Hall–Kier alpha value is -1.39. The molecule has 0 unspecified atom stereocenters. The minimum Gasteiger partial charge on any atom is -0.355 e. The third kappa shape index (κ3) is 6.25. The summed E-state index contributed by atoms with van der Waals surface area (Å²) in [5, 5.41) is 3.14. The van der Waals surface area contributed by atoms with Gasteiger partial charge in [-0.05, 0) is 18.4 Å². The number of nitrogens with zero attached hydrogens (tertiary/aromatic N) is 2. The van der Waals surface area contributed by atoms with Crippen LogP contribution in [-0.2, 0) is 4.79 Å². The maximum atomic E-state index is 12.1. The molecular weight excluding hydrogens is 298 g/mol. The van der Waals surface area contributed by atoms with Crippen molar-refractivity contribution in [3.05, 3.63) is 37.0 Å². The standard InChI is InChI=1S/C20H33N3O/c1-3-8-18(4-2)17-23-15-13-22(14-16-23)12-11-21-20(24)19-9-6-5-7-10-19/h3-4,8,19H,1-2,5-7,9-17H2,(H,21,24)/b18-8+. The van der Waals surface area contributed by atoms with Crippen LogP contribution in [0.5, 0.6) is 0 Å². The third-order valence-electron chi connectivity index (χ3n) is 5.17. The number of hydrogen-bond acceptors (Lipinski definition) is 3. The first kappa shape index (κ1) is 18.9. The van der Waals surface area contributed by atoms with Gasteiger partial charge in [-0.1, -0.05) is 50.6 Å². The van der Waals surface area contributed by atoms with Crippen molar-refractivity contribution in [3.63, 3.8) is 0 Å². The largest absolute Gasteiger partial charge is 0.355 e. The lowest BCUT2D eigenvalue weighted by Crippen LogP contribution is -2.49. The molecule has 2 aliphatic rings. The van der Waals surface area contributed by atoms with Crippen molar-refractivity contribution >= 4 is 5.91 Å². The van der Waals surface area contributed by atoms with E-state index >= 15 is 0 Å². The topological polar surface area (TPSA) is 35.6 Å². The molecule has 0 radical (unpaired) electrons. The van der Waals surface area contributed by atoms with Crippen molar-refractivity contribution in [2.24, 2.45) is 5.92 Å². The number of hydrogen-bond donors (Lipinski definition) is 1. The van der Waals surface area contributed by atoms with Crippen LogP contribution in [0, 0.1) is 5.92 Å². The van der Waals surface area contributed by atoms with E-state index in [9.17, 15) is 4.79 Å². The molecule has 134 valence electrons. The smallest absolute Gasteiger partial charge is 0.223 e. The summed E-state index contributed by atoms with van der Waals surface area (Å²) in [5.74, 6) is 0.545. The maximum absolute atomic E-state index is 12.1. The lowest BCUT2D eigenvalue weighted by atomic mass is 9.89. The highest BCUT2D eigenvalue weighted by Gasteiger charge is 2.21. The van der Waals surface area contributed by atoms with Gasteiger partial charge in [0, 0.05) is 51.7 Å². The number of carbonyl (C=O) groups is 1. The molecule has 4 nitrogen and oxygen atoms in total. The molecule has 2 rings (SSSR count). The van der Waals surface area contributed by atoms with Gasteiger partial charge in [0.1, 0.15) is 0 Å². The van der Waals surface area contributed by atoms with Gasteiger partial charge in [-0.2, -0.15) is 0 Å². The Bertz CT molecular complexity index is 444. The molecule has 24 heavy (non-hydrogen) atoms.